The fourth-order valence-corrected chi connectivity index (χ4v) is 0. The van der Waals surface area contributed by atoms with Crippen LogP contribution >= 0.6 is 22.3 Å². The average molecular weight is 278 g/mol. The lowest BCUT2D eigenvalue weighted by atomic mass is 11.8. The second kappa shape index (κ2) is 8.12. The molecular weight excluding hydrogens is 253 g/mol. The molecule has 0 aliphatic carbocycles. The molecule has 15 heavy (non-hydrogen) atoms. The van der Waals surface area contributed by atoms with E-state index in [9.17, 15) is 0 Å². The number of hydrogen-bond acceptors (Lipinski definition) is 3. The number of hydrogen-bond donors (Lipinski definition) is 1. The first-order valence-corrected chi connectivity index (χ1v) is 13.0. The molecule has 0 spiro atoms. The van der Waals surface area contributed by atoms with Gasteiger partial charge in [0.05, 0.1) is 7.82 Å². The monoisotopic (exact) mass is 278 g/mol. The Labute approximate surface area is 95.4 Å². The summed E-state index contributed by atoms with van der Waals surface area (Å²) in [7, 11) is -5.92. The van der Waals surface area contributed by atoms with Crippen molar-refractivity contribution in [3.8, 4) is 0 Å². The van der Waals surface area contributed by atoms with E-state index in [2.05, 4.69) is 53.3 Å². The van der Waals surface area contributed by atoms with Gasteiger partial charge in [-0.05, 0) is 0 Å². The first-order chi connectivity index (χ1) is 6.00. The molecule has 0 saturated carbocycles. The Kier molecular flexibility index (Phi) is 11.5. The van der Waals surface area contributed by atoms with Crippen molar-refractivity contribution in [2.75, 3.05) is 53.3 Å². The standard InChI is InChI=1S/2C4H12P.H3O4P/c3*1-5(2,3)4/h2*1-4H3;(H3,1,2,3,4)/q2*+1;/p-2. The van der Waals surface area contributed by atoms with Crippen LogP contribution in [-0.4, -0.2) is 58.2 Å². The first-order valence-electron chi connectivity index (χ1n) is 4.33. The Morgan fingerprint density at radius 3 is 0.800 bits per heavy atom. The molecule has 0 saturated heterocycles. The highest BCUT2D eigenvalue weighted by Gasteiger charge is 2.03. The third-order valence-corrected chi connectivity index (χ3v) is 0. The lowest BCUT2D eigenvalue weighted by molar-refractivity contribution is -0.337. The third-order valence-electron chi connectivity index (χ3n) is 0. The molecule has 0 aromatic carbocycles. The minimum Gasteiger partial charge on any atom is -0.790 e. The van der Waals surface area contributed by atoms with Gasteiger partial charge in [-0.25, -0.2) is 0 Å². The van der Waals surface area contributed by atoms with E-state index in [1.807, 2.05) is 0 Å². The van der Waals surface area contributed by atoms with Crippen LogP contribution in [0.5, 0.6) is 0 Å². The second-order valence-corrected chi connectivity index (χ2v) is 17.5. The van der Waals surface area contributed by atoms with E-state index in [1.54, 1.807) is 0 Å². The van der Waals surface area contributed by atoms with Crippen molar-refractivity contribution >= 4 is 22.3 Å². The lowest BCUT2D eigenvalue weighted by Gasteiger charge is -2.19. The molecule has 4 nitrogen and oxygen atoms in total. The van der Waals surface area contributed by atoms with Crippen LogP contribution in [0.2, 0.25) is 0 Å². The minimum atomic E-state index is -5.14. The van der Waals surface area contributed by atoms with Crippen LogP contribution in [0.4, 0.5) is 0 Å². The molecular formula is C8H25O4P3. The predicted molar refractivity (Wildman–Crippen MR) is 71.1 cm³/mol. The molecule has 0 aromatic heterocycles. The quantitative estimate of drug-likeness (QED) is 0.666. The molecule has 0 aliphatic heterocycles. The zero-order chi connectivity index (χ0) is 13.5. The van der Waals surface area contributed by atoms with Crippen LogP contribution in [0.1, 0.15) is 0 Å². The first kappa shape index (κ1) is 21.3. The molecule has 0 amide bonds. The maximum absolute atomic E-state index is 8.66. The Hall–Kier alpha value is 0.970. The van der Waals surface area contributed by atoms with Gasteiger partial charge in [-0.15, -0.1) is 0 Å². The van der Waals surface area contributed by atoms with E-state index in [-0.39, 0.29) is 14.5 Å². The van der Waals surface area contributed by atoms with Crippen molar-refractivity contribution in [1.29, 1.82) is 0 Å². The van der Waals surface area contributed by atoms with Crippen LogP contribution in [0.3, 0.4) is 0 Å². The summed E-state index contributed by atoms with van der Waals surface area (Å²) in [6.45, 7) is 18.4. The fraction of sp³-hybridized carbons (Fsp3) is 1.00. The van der Waals surface area contributed by atoms with E-state index in [4.69, 9.17) is 19.2 Å². The molecule has 0 bridgehead atoms. The molecule has 7 heteroatoms. The van der Waals surface area contributed by atoms with Crippen molar-refractivity contribution in [3.05, 3.63) is 0 Å². The minimum absolute atomic E-state index is 0.389. The summed E-state index contributed by atoms with van der Waals surface area (Å²) >= 11 is 0. The van der Waals surface area contributed by atoms with Crippen LogP contribution in [0.15, 0.2) is 0 Å². The Morgan fingerprint density at radius 2 is 0.800 bits per heavy atom. The molecule has 0 atom stereocenters. The largest absolute Gasteiger partial charge is 0.790 e. The van der Waals surface area contributed by atoms with Crippen LogP contribution < -0.4 is 9.79 Å². The van der Waals surface area contributed by atoms with Gasteiger partial charge in [-0.1, -0.05) is 0 Å². The van der Waals surface area contributed by atoms with Gasteiger partial charge in [0.25, 0.3) is 0 Å². The molecule has 1 N–H and O–H groups in total. The molecule has 0 aromatic rings. The van der Waals surface area contributed by atoms with Crippen LogP contribution in [0, 0.1) is 0 Å². The van der Waals surface area contributed by atoms with Gasteiger partial charge in [0.1, 0.15) is 0 Å². The molecule has 0 unspecified atom stereocenters. The van der Waals surface area contributed by atoms with Crippen molar-refractivity contribution in [2.24, 2.45) is 0 Å². The summed E-state index contributed by atoms with van der Waals surface area (Å²) in [5.74, 6) is 0. The highest BCUT2D eigenvalue weighted by molar-refractivity contribution is 7.73. The predicted octanol–water partition coefficient (Wildman–Crippen LogP) is 0.854. The maximum Gasteiger partial charge on any atom is 0.0557 e. The van der Waals surface area contributed by atoms with Gasteiger partial charge in [-0.2, -0.15) is 0 Å². The SMILES string of the molecule is C[P+](C)(C)C.C[P+](C)(C)C.O=P([O-])([O-])O. The zero-order valence-electron chi connectivity index (χ0n) is 11.0. The molecule has 0 rings (SSSR count). The summed E-state index contributed by atoms with van der Waals surface area (Å²) < 4.78 is 8.66. The Bertz CT molecular complexity index is 155. The van der Waals surface area contributed by atoms with Crippen LogP contribution in [-0.2, 0) is 4.57 Å². The van der Waals surface area contributed by atoms with Crippen molar-refractivity contribution in [1.82, 2.24) is 0 Å². The van der Waals surface area contributed by atoms with E-state index >= 15 is 0 Å². The normalized spacial score (nSPS) is 11.9. The second-order valence-electron chi connectivity index (χ2n) is 5.84. The van der Waals surface area contributed by atoms with Gasteiger partial charge in [-0.3, -0.25) is 0 Å². The Balaban J connectivity index is -0.000000144. The van der Waals surface area contributed by atoms with E-state index in [0.29, 0.717) is 0 Å². The summed E-state index contributed by atoms with van der Waals surface area (Å²) in [5, 5.41) is 0. The topological polar surface area (TPSA) is 83.4 Å². The number of phosphoric acid groups is 1. The smallest absolute Gasteiger partial charge is 0.0557 e. The number of rotatable bonds is 0. The van der Waals surface area contributed by atoms with Crippen molar-refractivity contribution in [2.45, 2.75) is 0 Å². The van der Waals surface area contributed by atoms with Crippen LogP contribution in [0.25, 0.3) is 0 Å². The summed E-state index contributed by atoms with van der Waals surface area (Å²) in [5.41, 5.74) is 0. The third kappa shape index (κ3) is 2680. The summed E-state index contributed by atoms with van der Waals surface area (Å²) in [6, 6.07) is 0. The summed E-state index contributed by atoms with van der Waals surface area (Å²) in [4.78, 5) is 24.3. The average Bonchev–Trinajstić information content (AvgIpc) is 1.41. The van der Waals surface area contributed by atoms with Crippen molar-refractivity contribution < 1.29 is 19.2 Å². The lowest BCUT2D eigenvalue weighted by Crippen LogP contribution is -2.11. The van der Waals surface area contributed by atoms with Crippen molar-refractivity contribution in [3.63, 3.8) is 0 Å². The van der Waals surface area contributed by atoms with Gasteiger partial charge >= 0.3 is 0 Å². The van der Waals surface area contributed by atoms with E-state index < -0.39 is 7.82 Å². The van der Waals surface area contributed by atoms with E-state index in [0.717, 1.165) is 0 Å². The maximum atomic E-state index is 8.66. The highest BCUT2D eigenvalue weighted by atomic mass is 31.2. The molecule has 96 valence electrons. The molecule has 0 heterocycles. The van der Waals surface area contributed by atoms with E-state index in [1.165, 1.54) is 0 Å². The molecule has 0 radical (unpaired) electrons. The molecule has 0 aliphatic rings. The summed E-state index contributed by atoms with van der Waals surface area (Å²) in [6.07, 6.45) is 0. The van der Waals surface area contributed by atoms with Gasteiger partial charge in [0.2, 0.25) is 0 Å². The van der Waals surface area contributed by atoms with Gasteiger partial charge < -0.3 is 19.2 Å². The zero-order valence-corrected chi connectivity index (χ0v) is 13.7. The fourth-order valence-electron chi connectivity index (χ4n) is 0. The van der Waals surface area contributed by atoms with Gasteiger partial charge in [0.15, 0.2) is 0 Å². The van der Waals surface area contributed by atoms with Gasteiger partial charge in [0, 0.05) is 67.8 Å². The highest BCUT2D eigenvalue weighted by Crippen LogP contribution is 2.40. The Morgan fingerprint density at radius 1 is 0.800 bits per heavy atom. The molecule has 0 fully saturated rings.